The normalized spacial score (nSPS) is 11.3. The van der Waals surface area contributed by atoms with Gasteiger partial charge in [-0.1, -0.05) is 23.9 Å². The van der Waals surface area contributed by atoms with Crippen LogP contribution in [0.15, 0.2) is 33.9 Å². The average molecular weight is 434 g/mol. The zero-order valence-electron chi connectivity index (χ0n) is 14.9. The monoisotopic (exact) mass is 434 g/mol. The quantitative estimate of drug-likeness (QED) is 0.639. The number of amides is 2. The molecule has 0 spiro atoms. The number of carbonyl (C=O) groups is 2. The first-order chi connectivity index (χ1) is 13.2. The lowest BCUT2D eigenvalue weighted by Gasteiger charge is -2.18. The van der Waals surface area contributed by atoms with Crippen LogP contribution in [-0.2, 0) is 21.5 Å². The lowest BCUT2D eigenvalue weighted by Crippen LogP contribution is -2.36. The highest BCUT2D eigenvalue weighted by molar-refractivity contribution is 7.99. The first-order valence-corrected chi connectivity index (χ1v) is 10.2. The Morgan fingerprint density at radius 3 is 2.64 bits per heavy atom. The zero-order chi connectivity index (χ0) is 20.7. The molecule has 0 aliphatic rings. The minimum atomic E-state index is -4.60. The molecule has 28 heavy (non-hydrogen) atoms. The molecule has 2 amide bonds. The first kappa shape index (κ1) is 22.1. The molecule has 0 radical (unpaired) electrons. The van der Waals surface area contributed by atoms with Crippen molar-refractivity contribution in [3.05, 3.63) is 35.7 Å². The van der Waals surface area contributed by atoms with Gasteiger partial charge in [0.25, 0.3) is 5.22 Å². The molecule has 2 rings (SSSR count). The molecule has 1 aromatic heterocycles. The average Bonchev–Trinajstić information content (AvgIpc) is 3.07. The van der Waals surface area contributed by atoms with Crippen LogP contribution >= 0.6 is 23.5 Å². The van der Waals surface area contributed by atoms with Crippen molar-refractivity contribution in [3.8, 4) is 0 Å². The van der Waals surface area contributed by atoms with E-state index in [1.54, 1.807) is 0 Å². The van der Waals surface area contributed by atoms with Crippen molar-refractivity contribution in [1.82, 2.24) is 15.1 Å². The number of hydrogen-bond donors (Lipinski definition) is 1. The van der Waals surface area contributed by atoms with Gasteiger partial charge in [-0.25, -0.2) is 0 Å². The van der Waals surface area contributed by atoms with Crippen LogP contribution in [-0.4, -0.2) is 52.5 Å². The second-order valence-corrected chi connectivity index (χ2v) is 7.32. The molecule has 0 saturated carbocycles. The van der Waals surface area contributed by atoms with Crippen molar-refractivity contribution in [3.63, 3.8) is 0 Å². The van der Waals surface area contributed by atoms with E-state index in [1.165, 1.54) is 30.9 Å². The Bertz CT molecular complexity index is 829. The summed E-state index contributed by atoms with van der Waals surface area (Å²) in [6.45, 7) is -0.396. The predicted octanol–water partition coefficient (Wildman–Crippen LogP) is 3.14. The summed E-state index contributed by atoms with van der Waals surface area (Å²) in [6.07, 6.45) is -2.71. The van der Waals surface area contributed by atoms with Gasteiger partial charge in [-0.15, -0.1) is 10.2 Å². The third kappa shape index (κ3) is 6.44. The van der Waals surface area contributed by atoms with Crippen LogP contribution < -0.4 is 5.32 Å². The third-order valence-corrected chi connectivity index (χ3v) is 4.69. The smallest absolute Gasteiger partial charge is 0.415 e. The van der Waals surface area contributed by atoms with Crippen LogP contribution in [0.4, 0.5) is 18.9 Å². The van der Waals surface area contributed by atoms with Crippen molar-refractivity contribution in [2.24, 2.45) is 0 Å². The third-order valence-electron chi connectivity index (χ3n) is 3.35. The number of benzene rings is 1. The van der Waals surface area contributed by atoms with E-state index in [2.05, 4.69) is 15.5 Å². The van der Waals surface area contributed by atoms with E-state index in [0.29, 0.717) is 11.6 Å². The van der Waals surface area contributed by atoms with E-state index in [9.17, 15) is 22.8 Å². The van der Waals surface area contributed by atoms with E-state index < -0.39 is 30.1 Å². The topological polar surface area (TPSA) is 88.3 Å². The Balaban J connectivity index is 1.87. The van der Waals surface area contributed by atoms with Gasteiger partial charge in [0.05, 0.1) is 29.3 Å². The molecule has 2 aromatic rings. The maximum absolute atomic E-state index is 13.0. The number of nitrogens with one attached hydrogen (secondary N) is 1. The number of alkyl halides is 3. The van der Waals surface area contributed by atoms with Gasteiger partial charge in [-0.3, -0.25) is 9.59 Å². The number of anilines is 1. The largest absolute Gasteiger partial charge is 0.418 e. The fraction of sp³-hybridized carbons (Fsp3) is 0.375. The number of carbonyl (C=O) groups excluding carboxylic acids is 2. The Morgan fingerprint density at radius 1 is 1.25 bits per heavy atom. The van der Waals surface area contributed by atoms with Gasteiger partial charge in [0, 0.05) is 7.05 Å². The summed E-state index contributed by atoms with van der Waals surface area (Å²) < 4.78 is 44.2. The highest BCUT2D eigenvalue weighted by Gasteiger charge is 2.33. The van der Waals surface area contributed by atoms with Gasteiger partial charge < -0.3 is 14.6 Å². The van der Waals surface area contributed by atoms with E-state index >= 15 is 0 Å². The van der Waals surface area contributed by atoms with Gasteiger partial charge in [-0.2, -0.15) is 24.9 Å². The number of para-hydroxylation sites is 1. The second kappa shape index (κ2) is 9.82. The predicted molar refractivity (Wildman–Crippen MR) is 100.0 cm³/mol. The summed E-state index contributed by atoms with van der Waals surface area (Å²) in [5.41, 5.74) is -1.31. The Hall–Kier alpha value is -2.21. The Labute approximate surface area is 167 Å². The number of aromatic nitrogens is 2. The number of hydrogen-bond acceptors (Lipinski definition) is 7. The molecule has 1 heterocycles. The zero-order valence-corrected chi connectivity index (χ0v) is 16.6. The highest BCUT2D eigenvalue weighted by atomic mass is 32.2. The molecule has 1 aromatic carbocycles. The molecule has 152 valence electrons. The van der Waals surface area contributed by atoms with Crippen LogP contribution in [0.1, 0.15) is 11.5 Å². The van der Waals surface area contributed by atoms with Gasteiger partial charge in [0.1, 0.15) is 0 Å². The van der Waals surface area contributed by atoms with E-state index in [-0.39, 0.29) is 16.7 Å². The molecule has 12 heteroatoms. The molecule has 0 saturated heterocycles. The van der Waals surface area contributed by atoms with Crippen molar-refractivity contribution in [1.29, 1.82) is 0 Å². The fourth-order valence-corrected chi connectivity index (χ4v) is 3.13. The standard InChI is InChI=1S/C16H17F3N4O3S2/c1-23(14(25)9-28-15-22-21-13(26-15)8-27-2)7-12(24)20-11-6-4-3-5-10(11)16(17,18)19/h3-6H,7-9H2,1-2H3,(H,20,24). The van der Waals surface area contributed by atoms with E-state index in [0.717, 1.165) is 28.8 Å². The van der Waals surface area contributed by atoms with Gasteiger partial charge in [0.15, 0.2) is 0 Å². The molecule has 1 N–H and O–H groups in total. The molecule has 0 bridgehead atoms. The van der Waals surface area contributed by atoms with Crippen molar-refractivity contribution in [2.75, 3.05) is 30.9 Å². The van der Waals surface area contributed by atoms with E-state index in [4.69, 9.17) is 4.42 Å². The summed E-state index contributed by atoms with van der Waals surface area (Å²) in [5, 5.41) is 10.0. The van der Waals surface area contributed by atoms with Crippen molar-refractivity contribution < 1.29 is 27.2 Å². The molecular weight excluding hydrogens is 417 g/mol. The maximum atomic E-state index is 13.0. The highest BCUT2D eigenvalue weighted by Crippen LogP contribution is 2.34. The van der Waals surface area contributed by atoms with Crippen LogP contribution in [0.5, 0.6) is 0 Å². The van der Waals surface area contributed by atoms with Crippen LogP contribution in [0.25, 0.3) is 0 Å². The first-order valence-electron chi connectivity index (χ1n) is 7.85. The lowest BCUT2D eigenvalue weighted by molar-refractivity contribution is -0.137. The Morgan fingerprint density at radius 2 is 1.96 bits per heavy atom. The van der Waals surface area contributed by atoms with Gasteiger partial charge in [0.2, 0.25) is 17.7 Å². The van der Waals surface area contributed by atoms with Crippen LogP contribution in [0, 0.1) is 0 Å². The molecule has 7 nitrogen and oxygen atoms in total. The summed E-state index contributed by atoms with van der Waals surface area (Å²) in [6, 6.07) is 4.64. The summed E-state index contributed by atoms with van der Waals surface area (Å²) in [5.74, 6) is -0.199. The van der Waals surface area contributed by atoms with Crippen molar-refractivity contribution >= 4 is 41.0 Å². The van der Waals surface area contributed by atoms with Gasteiger partial charge in [-0.05, 0) is 18.4 Å². The number of nitrogens with zero attached hydrogens (tertiary/aromatic N) is 3. The van der Waals surface area contributed by atoms with Crippen LogP contribution in [0.2, 0.25) is 0 Å². The van der Waals surface area contributed by atoms with Gasteiger partial charge >= 0.3 is 6.18 Å². The molecule has 0 aliphatic carbocycles. The minimum absolute atomic E-state index is 0.0518. The number of halogens is 3. The molecule has 0 unspecified atom stereocenters. The van der Waals surface area contributed by atoms with E-state index in [1.807, 2.05) is 6.26 Å². The number of rotatable bonds is 8. The number of thioether (sulfide) groups is 2. The molecule has 0 aliphatic heterocycles. The summed E-state index contributed by atoms with van der Waals surface area (Å²) in [4.78, 5) is 25.3. The fourth-order valence-electron chi connectivity index (χ4n) is 2.04. The minimum Gasteiger partial charge on any atom is -0.415 e. The van der Waals surface area contributed by atoms with Crippen LogP contribution in [0.3, 0.4) is 0 Å². The molecular formula is C16H17F3N4O3S2. The molecule has 0 fully saturated rings. The summed E-state index contributed by atoms with van der Waals surface area (Å²) in [7, 11) is 1.38. The maximum Gasteiger partial charge on any atom is 0.418 e. The van der Waals surface area contributed by atoms with Crippen molar-refractivity contribution in [2.45, 2.75) is 17.2 Å². The summed E-state index contributed by atoms with van der Waals surface area (Å²) >= 11 is 2.53. The number of likely N-dealkylation sites (N-methyl/N-ethyl adjacent to an activating group) is 1. The SMILES string of the molecule is CSCc1nnc(SCC(=O)N(C)CC(=O)Nc2ccccc2C(F)(F)F)o1. The Kier molecular flexibility index (Phi) is 7.75. The lowest BCUT2D eigenvalue weighted by atomic mass is 10.1. The second-order valence-electron chi connectivity index (χ2n) is 5.52. The molecule has 0 atom stereocenters.